The molecule has 0 fully saturated rings. The molecule has 4 rings (SSSR count). The van der Waals surface area contributed by atoms with Crippen molar-refractivity contribution >= 4 is 16.7 Å². The van der Waals surface area contributed by atoms with Gasteiger partial charge in [0.25, 0.3) is 5.56 Å². The quantitative estimate of drug-likeness (QED) is 0.209. The predicted molar refractivity (Wildman–Crippen MR) is 125 cm³/mol. The first-order valence-corrected chi connectivity index (χ1v) is 10.7. The Bertz CT molecular complexity index is 1250. The van der Waals surface area contributed by atoms with Crippen LogP contribution >= 0.6 is 0 Å². The van der Waals surface area contributed by atoms with Gasteiger partial charge in [0.1, 0.15) is 5.69 Å². The standard InChI is InChI=1S/C24H28N6O/c1-3-15(2)21-23(31)30-14-20(18-11-10-16-7-4-5-8-17(16)13-18)28-19(22(30)29-21)9-6-12-27-24(25)26/h4-5,7-8,10-11,13-15,28H,3,6,9,12H2,1-2H3,(H4,25,26,27). The number of guanidine groups is 1. The largest absolute Gasteiger partial charge is 0.370 e. The lowest BCUT2D eigenvalue weighted by Gasteiger charge is -2.14. The molecule has 0 radical (unpaired) electrons. The van der Waals surface area contributed by atoms with E-state index in [9.17, 15) is 4.79 Å². The van der Waals surface area contributed by atoms with Gasteiger partial charge in [0.2, 0.25) is 0 Å². The number of nitrogens with two attached hydrogens (primary N) is 1. The van der Waals surface area contributed by atoms with Crippen molar-refractivity contribution in [3.05, 3.63) is 70.4 Å². The van der Waals surface area contributed by atoms with Crippen LogP contribution < -0.4 is 16.6 Å². The highest BCUT2D eigenvalue weighted by Gasteiger charge is 2.22. The zero-order valence-electron chi connectivity index (χ0n) is 17.9. The zero-order valence-corrected chi connectivity index (χ0v) is 17.9. The van der Waals surface area contributed by atoms with Crippen LogP contribution in [0.25, 0.3) is 27.8 Å². The molecule has 1 unspecified atom stereocenters. The van der Waals surface area contributed by atoms with Crippen molar-refractivity contribution < 1.29 is 0 Å². The van der Waals surface area contributed by atoms with Gasteiger partial charge in [-0.25, -0.2) is 4.98 Å². The molecule has 7 nitrogen and oxygen atoms in total. The molecular weight excluding hydrogens is 388 g/mol. The van der Waals surface area contributed by atoms with Gasteiger partial charge in [-0.05, 0) is 36.1 Å². The molecule has 0 saturated heterocycles. The molecule has 2 aliphatic rings. The van der Waals surface area contributed by atoms with Crippen LogP contribution in [0, 0.1) is 5.41 Å². The number of aromatic amines is 1. The van der Waals surface area contributed by atoms with E-state index in [1.165, 1.54) is 5.39 Å². The Morgan fingerprint density at radius 2 is 2.03 bits per heavy atom. The van der Waals surface area contributed by atoms with Gasteiger partial charge in [-0.1, -0.05) is 50.2 Å². The summed E-state index contributed by atoms with van der Waals surface area (Å²) < 4.78 is 1.68. The summed E-state index contributed by atoms with van der Waals surface area (Å²) in [5.41, 5.74) is 8.73. The first kappa shape index (κ1) is 20.7. The lowest BCUT2D eigenvalue weighted by molar-refractivity contribution is 0.707. The fourth-order valence-electron chi connectivity index (χ4n) is 3.83. The molecule has 2 aromatic rings. The number of H-pyrrole nitrogens is 1. The average molecular weight is 417 g/mol. The van der Waals surface area contributed by atoms with Crippen molar-refractivity contribution in [1.29, 1.82) is 5.41 Å². The van der Waals surface area contributed by atoms with Crippen molar-refractivity contribution in [2.24, 2.45) is 5.73 Å². The predicted octanol–water partition coefficient (Wildman–Crippen LogP) is 3.75. The van der Waals surface area contributed by atoms with Crippen molar-refractivity contribution in [3.63, 3.8) is 0 Å². The number of hydrogen-bond acceptors (Lipinski definition) is 3. The topological polar surface area (TPSA) is 113 Å². The molecular formula is C24H28N6O. The van der Waals surface area contributed by atoms with Crippen molar-refractivity contribution in [1.82, 2.24) is 19.9 Å². The van der Waals surface area contributed by atoms with E-state index in [1.54, 1.807) is 4.57 Å². The first-order valence-electron chi connectivity index (χ1n) is 10.7. The van der Waals surface area contributed by atoms with Gasteiger partial charge in [0.05, 0.1) is 11.4 Å². The van der Waals surface area contributed by atoms with Crippen LogP contribution in [0.1, 0.15) is 44.0 Å². The van der Waals surface area contributed by atoms with Gasteiger partial charge >= 0.3 is 0 Å². The molecule has 0 spiro atoms. The van der Waals surface area contributed by atoms with Crippen molar-refractivity contribution in [2.45, 2.75) is 39.0 Å². The summed E-state index contributed by atoms with van der Waals surface area (Å²) >= 11 is 0. The number of aromatic nitrogens is 3. The molecule has 2 aromatic carbocycles. The van der Waals surface area contributed by atoms with E-state index in [-0.39, 0.29) is 17.4 Å². The van der Waals surface area contributed by atoms with E-state index in [4.69, 9.17) is 16.1 Å². The Labute approximate surface area is 181 Å². The second-order valence-electron chi connectivity index (χ2n) is 7.96. The number of nitrogens with one attached hydrogen (secondary N) is 3. The molecule has 0 bridgehead atoms. The van der Waals surface area contributed by atoms with E-state index in [0.29, 0.717) is 24.5 Å². The summed E-state index contributed by atoms with van der Waals surface area (Å²) in [7, 11) is 0. The van der Waals surface area contributed by atoms with Crippen LogP contribution in [0.3, 0.4) is 0 Å². The molecule has 0 aliphatic carbocycles. The third-order valence-corrected chi connectivity index (χ3v) is 5.76. The summed E-state index contributed by atoms with van der Waals surface area (Å²) in [6.07, 6.45) is 4.16. The van der Waals surface area contributed by atoms with Gasteiger partial charge < -0.3 is 16.0 Å². The maximum absolute atomic E-state index is 13.1. The molecule has 0 amide bonds. The van der Waals surface area contributed by atoms with Crippen molar-refractivity contribution in [3.8, 4) is 17.1 Å². The summed E-state index contributed by atoms with van der Waals surface area (Å²) in [5.74, 6) is 0.733. The molecule has 2 heterocycles. The Hall–Kier alpha value is -3.61. The first-order chi connectivity index (χ1) is 15.0. The normalized spacial score (nSPS) is 12.3. The third kappa shape index (κ3) is 4.17. The van der Waals surface area contributed by atoms with E-state index < -0.39 is 0 Å². The Morgan fingerprint density at radius 3 is 2.77 bits per heavy atom. The van der Waals surface area contributed by atoms with Gasteiger partial charge in [0.15, 0.2) is 11.8 Å². The molecule has 0 saturated carbocycles. The molecule has 0 aromatic heterocycles. The summed E-state index contributed by atoms with van der Waals surface area (Å²) in [4.78, 5) is 21.4. The van der Waals surface area contributed by atoms with E-state index in [1.807, 2.05) is 25.3 Å². The molecule has 5 N–H and O–H groups in total. The van der Waals surface area contributed by atoms with Gasteiger partial charge in [-0.15, -0.1) is 0 Å². The molecule has 31 heavy (non-hydrogen) atoms. The number of nitrogens with zero attached hydrogens (tertiary/aromatic N) is 2. The number of hydrogen-bond donors (Lipinski definition) is 4. The maximum atomic E-state index is 13.1. The minimum absolute atomic E-state index is 0.0410. The van der Waals surface area contributed by atoms with Crippen LogP contribution in [0.5, 0.6) is 0 Å². The lowest BCUT2D eigenvalue weighted by Crippen LogP contribution is -2.31. The van der Waals surface area contributed by atoms with E-state index in [0.717, 1.165) is 35.2 Å². The number of fused-ring (bicyclic) bond motifs is 2. The Balaban J connectivity index is 1.80. The van der Waals surface area contributed by atoms with Crippen LogP contribution in [0.2, 0.25) is 0 Å². The Kier molecular flexibility index (Phi) is 5.75. The number of aryl methyl sites for hydroxylation is 1. The van der Waals surface area contributed by atoms with E-state index in [2.05, 4.69) is 47.6 Å². The molecule has 7 heteroatoms. The highest BCUT2D eigenvalue weighted by atomic mass is 16.1. The summed E-state index contributed by atoms with van der Waals surface area (Å²) in [5, 5.41) is 12.5. The highest BCUT2D eigenvalue weighted by molar-refractivity contribution is 5.86. The second kappa shape index (κ2) is 8.63. The van der Waals surface area contributed by atoms with Crippen LogP contribution in [0.4, 0.5) is 0 Å². The van der Waals surface area contributed by atoms with Crippen LogP contribution in [-0.4, -0.2) is 27.0 Å². The molecule has 1 atom stereocenters. The zero-order chi connectivity index (χ0) is 22.0. The van der Waals surface area contributed by atoms with Gasteiger partial charge in [-0.3, -0.25) is 14.8 Å². The number of benzene rings is 2. The lowest BCUT2D eigenvalue weighted by atomic mass is 10.0. The Morgan fingerprint density at radius 1 is 1.26 bits per heavy atom. The smallest absolute Gasteiger partial charge is 0.278 e. The summed E-state index contributed by atoms with van der Waals surface area (Å²) in [6, 6.07) is 14.5. The maximum Gasteiger partial charge on any atom is 0.278 e. The SMILES string of the molecule is CCC(C)c1nc2c(CCCNC(=N)N)[nH]c(-c3ccc4ccccc4c3)cn-2c1=O. The summed E-state index contributed by atoms with van der Waals surface area (Å²) in [6.45, 7) is 4.68. The fraction of sp³-hybridized carbons (Fsp3) is 0.292. The third-order valence-electron chi connectivity index (χ3n) is 5.76. The minimum Gasteiger partial charge on any atom is -0.370 e. The molecule has 160 valence electrons. The second-order valence-corrected chi connectivity index (χ2v) is 7.96. The highest BCUT2D eigenvalue weighted by Crippen LogP contribution is 2.27. The minimum atomic E-state index is -0.0523. The number of rotatable bonds is 7. The van der Waals surface area contributed by atoms with Gasteiger partial charge in [-0.2, -0.15) is 0 Å². The van der Waals surface area contributed by atoms with Crippen LogP contribution in [-0.2, 0) is 6.42 Å². The fourth-order valence-corrected chi connectivity index (χ4v) is 3.83. The van der Waals surface area contributed by atoms with Crippen LogP contribution in [0.15, 0.2) is 53.5 Å². The number of imidazole rings is 1. The van der Waals surface area contributed by atoms with E-state index >= 15 is 0 Å². The molecule has 2 aliphatic heterocycles. The monoisotopic (exact) mass is 416 g/mol. The van der Waals surface area contributed by atoms with Gasteiger partial charge in [0, 0.05) is 24.2 Å². The van der Waals surface area contributed by atoms with Crippen molar-refractivity contribution in [2.75, 3.05) is 6.54 Å². The average Bonchev–Trinajstić information content (AvgIpc) is 3.12.